The minimum Gasteiger partial charge on any atom is -0.466 e. The Kier molecular flexibility index (Phi) is 10.3. The molecule has 0 aliphatic heterocycles. The number of carbonyl (C=O) groups is 2. The van der Waals surface area contributed by atoms with Gasteiger partial charge in [-0.05, 0) is 6.92 Å². The van der Waals surface area contributed by atoms with Gasteiger partial charge in [-0.2, -0.15) is 0 Å². The van der Waals surface area contributed by atoms with E-state index in [4.69, 9.17) is 9.47 Å². The second-order valence-electron chi connectivity index (χ2n) is 3.95. The maximum Gasteiger partial charge on any atom is 0.309 e. The normalized spacial score (nSPS) is 11.9. The van der Waals surface area contributed by atoms with E-state index in [0.29, 0.717) is 39.3 Å². The van der Waals surface area contributed by atoms with Crippen LogP contribution in [0.4, 0.5) is 0 Å². The molecule has 0 saturated carbocycles. The van der Waals surface area contributed by atoms with Gasteiger partial charge in [-0.15, -0.1) is 0 Å². The van der Waals surface area contributed by atoms with Crippen molar-refractivity contribution in [3.63, 3.8) is 0 Å². The largest absolute Gasteiger partial charge is 0.466 e. The summed E-state index contributed by atoms with van der Waals surface area (Å²) in [6.45, 7) is 6.07. The first-order valence-corrected chi connectivity index (χ1v) is 6.24. The van der Waals surface area contributed by atoms with Gasteiger partial charge in [0.15, 0.2) is 0 Å². The molecule has 1 atom stereocenters. The molecular weight excluding hydrogens is 236 g/mol. The lowest BCUT2D eigenvalue weighted by atomic mass is 10.2. The smallest absolute Gasteiger partial charge is 0.309 e. The molecule has 0 spiro atoms. The number of nitrogens with one attached hydrogen (secondary N) is 2. The van der Waals surface area contributed by atoms with Crippen LogP contribution in [0.1, 0.15) is 20.3 Å². The van der Waals surface area contributed by atoms with Gasteiger partial charge in [-0.25, -0.2) is 0 Å². The Hall–Kier alpha value is -1.14. The van der Waals surface area contributed by atoms with Crippen molar-refractivity contribution in [3.8, 4) is 0 Å². The van der Waals surface area contributed by atoms with Gasteiger partial charge in [0.2, 0.25) is 5.91 Å². The Bertz CT molecular complexity index is 246. The summed E-state index contributed by atoms with van der Waals surface area (Å²) >= 11 is 0. The van der Waals surface area contributed by atoms with Gasteiger partial charge in [-0.3, -0.25) is 9.59 Å². The van der Waals surface area contributed by atoms with E-state index in [-0.39, 0.29) is 17.8 Å². The number of carbonyl (C=O) groups excluding carboxylic acids is 2. The molecule has 1 amide bonds. The van der Waals surface area contributed by atoms with Gasteiger partial charge in [0.1, 0.15) is 0 Å². The van der Waals surface area contributed by atoms with E-state index in [0.717, 1.165) is 0 Å². The number of amides is 1. The van der Waals surface area contributed by atoms with Crippen LogP contribution in [-0.4, -0.2) is 51.8 Å². The molecule has 1 unspecified atom stereocenters. The van der Waals surface area contributed by atoms with Crippen LogP contribution in [0.15, 0.2) is 0 Å². The van der Waals surface area contributed by atoms with Crippen LogP contribution in [0.25, 0.3) is 0 Å². The number of ether oxygens (including phenoxy) is 2. The van der Waals surface area contributed by atoms with Crippen molar-refractivity contribution in [2.45, 2.75) is 20.3 Å². The fourth-order valence-corrected chi connectivity index (χ4v) is 1.27. The van der Waals surface area contributed by atoms with Crippen LogP contribution in [0.5, 0.6) is 0 Å². The molecule has 0 aromatic rings. The summed E-state index contributed by atoms with van der Waals surface area (Å²) in [5, 5.41) is 5.77. The molecule has 106 valence electrons. The molecule has 0 bridgehead atoms. The van der Waals surface area contributed by atoms with Crippen molar-refractivity contribution in [2.24, 2.45) is 5.92 Å². The number of rotatable bonds is 10. The minimum absolute atomic E-state index is 0.0247. The number of esters is 1. The second-order valence-corrected chi connectivity index (χ2v) is 3.95. The van der Waals surface area contributed by atoms with E-state index >= 15 is 0 Å². The van der Waals surface area contributed by atoms with Crippen molar-refractivity contribution < 1.29 is 19.1 Å². The third-order valence-corrected chi connectivity index (χ3v) is 2.30. The molecule has 0 saturated heterocycles. The molecule has 0 rings (SSSR count). The molecule has 0 heterocycles. The van der Waals surface area contributed by atoms with Gasteiger partial charge in [0, 0.05) is 33.2 Å². The Balaban J connectivity index is 3.49. The summed E-state index contributed by atoms with van der Waals surface area (Å²) < 4.78 is 9.69. The van der Waals surface area contributed by atoms with Crippen LogP contribution in [0.3, 0.4) is 0 Å². The molecule has 0 aliphatic rings. The zero-order valence-electron chi connectivity index (χ0n) is 11.5. The predicted molar refractivity (Wildman–Crippen MR) is 68.2 cm³/mol. The lowest BCUT2D eigenvalue weighted by Crippen LogP contribution is -2.33. The summed E-state index contributed by atoms with van der Waals surface area (Å²) in [4.78, 5) is 22.6. The summed E-state index contributed by atoms with van der Waals surface area (Å²) in [6.07, 6.45) is 0.388. The molecule has 0 radical (unpaired) electrons. The molecule has 6 nitrogen and oxygen atoms in total. The summed E-state index contributed by atoms with van der Waals surface area (Å²) in [6, 6.07) is 0. The van der Waals surface area contributed by atoms with Gasteiger partial charge >= 0.3 is 5.97 Å². The minimum atomic E-state index is -0.213. The standard InChI is InChI=1S/C12H24N2O4/c1-4-18-12(16)10(2)9-13-6-5-11(15)14-7-8-17-3/h10,13H,4-9H2,1-3H3,(H,14,15). The van der Waals surface area contributed by atoms with E-state index in [1.54, 1.807) is 21.0 Å². The SMILES string of the molecule is CCOC(=O)C(C)CNCCC(=O)NCCOC. The van der Waals surface area contributed by atoms with Crippen molar-refractivity contribution in [1.29, 1.82) is 0 Å². The maximum absolute atomic E-state index is 11.3. The van der Waals surface area contributed by atoms with Crippen molar-refractivity contribution >= 4 is 11.9 Å². The van der Waals surface area contributed by atoms with E-state index in [1.807, 2.05) is 0 Å². The molecular formula is C12H24N2O4. The fraction of sp³-hybridized carbons (Fsp3) is 0.833. The van der Waals surface area contributed by atoms with Gasteiger partial charge in [0.25, 0.3) is 0 Å². The quantitative estimate of drug-likeness (QED) is 0.425. The maximum atomic E-state index is 11.3. The first-order valence-electron chi connectivity index (χ1n) is 6.24. The predicted octanol–water partition coefficient (Wildman–Crippen LogP) is -0.0721. The lowest BCUT2D eigenvalue weighted by molar-refractivity contribution is -0.147. The summed E-state index contributed by atoms with van der Waals surface area (Å²) in [7, 11) is 1.59. The first kappa shape index (κ1) is 16.9. The van der Waals surface area contributed by atoms with Gasteiger partial charge in [-0.1, -0.05) is 6.92 Å². The average Bonchev–Trinajstić information content (AvgIpc) is 2.35. The molecule has 0 aliphatic carbocycles. The molecule has 0 fully saturated rings. The molecule has 6 heteroatoms. The molecule has 18 heavy (non-hydrogen) atoms. The Labute approximate surface area is 108 Å². The number of methoxy groups -OCH3 is 1. The van der Waals surface area contributed by atoms with E-state index in [1.165, 1.54) is 0 Å². The van der Waals surface area contributed by atoms with Gasteiger partial charge in [0.05, 0.1) is 19.1 Å². The molecule has 0 aromatic heterocycles. The zero-order chi connectivity index (χ0) is 13.8. The molecule has 2 N–H and O–H groups in total. The average molecular weight is 260 g/mol. The van der Waals surface area contributed by atoms with E-state index < -0.39 is 0 Å². The topological polar surface area (TPSA) is 76.7 Å². The Morgan fingerprint density at radius 1 is 1.28 bits per heavy atom. The summed E-state index contributed by atoms with van der Waals surface area (Å²) in [5.41, 5.74) is 0. The first-order chi connectivity index (χ1) is 8.61. The molecule has 0 aromatic carbocycles. The van der Waals surface area contributed by atoms with Crippen molar-refractivity contribution in [2.75, 3.05) is 40.0 Å². The lowest BCUT2D eigenvalue weighted by Gasteiger charge is -2.11. The van der Waals surface area contributed by atoms with Crippen LogP contribution in [0, 0.1) is 5.92 Å². The van der Waals surface area contributed by atoms with Crippen molar-refractivity contribution in [3.05, 3.63) is 0 Å². The fourth-order valence-electron chi connectivity index (χ4n) is 1.27. The van der Waals surface area contributed by atoms with Gasteiger partial charge < -0.3 is 20.1 Å². The van der Waals surface area contributed by atoms with Crippen LogP contribution < -0.4 is 10.6 Å². The third-order valence-electron chi connectivity index (χ3n) is 2.30. The third kappa shape index (κ3) is 8.95. The Morgan fingerprint density at radius 2 is 2.00 bits per heavy atom. The van der Waals surface area contributed by atoms with Crippen LogP contribution >= 0.6 is 0 Å². The number of hydrogen-bond acceptors (Lipinski definition) is 5. The monoisotopic (exact) mass is 260 g/mol. The number of hydrogen-bond donors (Lipinski definition) is 2. The van der Waals surface area contributed by atoms with E-state index in [2.05, 4.69) is 10.6 Å². The van der Waals surface area contributed by atoms with Crippen LogP contribution in [-0.2, 0) is 19.1 Å². The highest BCUT2D eigenvalue weighted by molar-refractivity contribution is 5.76. The highest BCUT2D eigenvalue weighted by Crippen LogP contribution is 1.96. The Morgan fingerprint density at radius 3 is 2.61 bits per heavy atom. The second kappa shape index (κ2) is 11.0. The highest BCUT2D eigenvalue weighted by atomic mass is 16.5. The summed E-state index contributed by atoms with van der Waals surface area (Å²) in [5.74, 6) is -0.431. The highest BCUT2D eigenvalue weighted by Gasteiger charge is 2.12. The van der Waals surface area contributed by atoms with Crippen LogP contribution in [0.2, 0.25) is 0 Å². The van der Waals surface area contributed by atoms with E-state index in [9.17, 15) is 9.59 Å². The van der Waals surface area contributed by atoms with Crippen molar-refractivity contribution in [1.82, 2.24) is 10.6 Å². The zero-order valence-corrected chi connectivity index (χ0v) is 11.5.